The van der Waals surface area contributed by atoms with Crippen LogP contribution in [0.4, 0.5) is 11.4 Å². The van der Waals surface area contributed by atoms with Gasteiger partial charge in [-0.1, -0.05) is 36.6 Å². The minimum Gasteiger partial charge on any atom is -0.372 e. The Kier molecular flexibility index (Phi) is 6.24. The van der Waals surface area contributed by atoms with Gasteiger partial charge in [0.2, 0.25) is 0 Å². The summed E-state index contributed by atoms with van der Waals surface area (Å²) in [6, 6.07) is 12.1. The lowest BCUT2D eigenvalue weighted by atomic mass is 10.1. The zero-order valence-corrected chi connectivity index (χ0v) is 15.7. The average molecular weight is 385 g/mol. The second kappa shape index (κ2) is 8.82. The van der Waals surface area contributed by atoms with Crippen LogP contribution in [-0.2, 0) is 0 Å². The zero-order valence-electron chi connectivity index (χ0n) is 14.9. The Hall–Kier alpha value is -2.66. The highest BCUT2D eigenvalue weighted by Crippen LogP contribution is 2.26. The summed E-state index contributed by atoms with van der Waals surface area (Å²) in [5.41, 5.74) is 2.12. The van der Waals surface area contributed by atoms with Gasteiger partial charge in [0.05, 0.1) is 4.92 Å². The van der Waals surface area contributed by atoms with Crippen LogP contribution >= 0.6 is 11.6 Å². The summed E-state index contributed by atoms with van der Waals surface area (Å²) in [6.45, 7) is 2.12. The molecule has 1 aliphatic rings. The van der Waals surface area contributed by atoms with Gasteiger partial charge < -0.3 is 4.90 Å². The highest BCUT2D eigenvalue weighted by atomic mass is 35.5. The van der Waals surface area contributed by atoms with Gasteiger partial charge in [-0.25, -0.2) is 0 Å². The number of nitrogens with zero attached hydrogens (tertiary/aromatic N) is 2. The fraction of sp³-hybridized carbons (Fsp3) is 0.286. The fourth-order valence-electron chi connectivity index (χ4n) is 3.21. The van der Waals surface area contributed by atoms with Crippen LogP contribution in [0.15, 0.2) is 48.5 Å². The number of carbonyl (C=O) groups is 1. The third kappa shape index (κ3) is 4.95. The molecule has 0 aliphatic carbocycles. The van der Waals surface area contributed by atoms with Crippen LogP contribution in [0.5, 0.6) is 0 Å². The molecule has 0 bridgehead atoms. The molecule has 6 heteroatoms. The standard InChI is InChI=1S/C21H21ClN2O3/c22-19-11-5-16(15-20(19)24(26)27)6-12-21(25)17-7-9-18(10-8-17)23-13-3-1-2-4-14-23/h5-12,15H,1-4,13-14H2/b12-6+. The van der Waals surface area contributed by atoms with Gasteiger partial charge in [-0.2, -0.15) is 0 Å². The predicted molar refractivity (Wildman–Crippen MR) is 109 cm³/mol. The summed E-state index contributed by atoms with van der Waals surface area (Å²) in [6.07, 6.45) is 7.96. The SMILES string of the molecule is O=C(/C=C/c1ccc(Cl)c([N+](=O)[O-])c1)c1ccc(N2CCCCCC2)cc1. The number of carbonyl (C=O) groups excluding carboxylic acids is 1. The molecule has 3 rings (SSSR count). The summed E-state index contributed by atoms with van der Waals surface area (Å²) in [5.74, 6) is -0.144. The second-order valence-corrected chi connectivity index (χ2v) is 7.02. The van der Waals surface area contributed by atoms with Crippen LogP contribution in [0.25, 0.3) is 6.08 Å². The number of hydrogen-bond acceptors (Lipinski definition) is 4. The second-order valence-electron chi connectivity index (χ2n) is 6.61. The largest absolute Gasteiger partial charge is 0.372 e. The highest BCUT2D eigenvalue weighted by Gasteiger charge is 2.12. The van der Waals surface area contributed by atoms with E-state index in [1.807, 2.05) is 24.3 Å². The van der Waals surface area contributed by atoms with Gasteiger partial charge >= 0.3 is 0 Å². The van der Waals surface area contributed by atoms with Crippen LogP contribution in [0.2, 0.25) is 5.02 Å². The third-order valence-corrected chi connectivity index (χ3v) is 5.04. The molecule has 1 aliphatic heterocycles. The van der Waals surface area contributed by atoms with E-state index in [2.05, 4.69) is 4.90 Å². The maximum absolute atomic E-state index is 12.4. The van der Waals surface area contributed by atoms with E-state index in [0.717, 1.165) is 18.8 Å². The van der Waals surface area contributed by atoms with Crippen molar-refractivity contribution in [2.24, 2.45) is 0 Å². The number of hydrogen-bond donors (Lipinski definition) is 0. The Morgan fingerprint density at radius 3 is 2.33 bits per heavy atom. The number of nitro benzene ring substituents is 1. The molecule has 1 fully saturated rings. The number of nitro groups is 1. The first kappa shape index (κ1) is 19.1. The summed E-state index contributed by atoms with van der Waals surface area (Å²) in [4.78, 5) is 25.2. The van der Waals surface area contributed by atoms with Gasteiger partial charge in [0, 0.05) is 30.4 Å². The number of benzene rings is 2. The molecule has 2 aromatic carbocycles. The Morgan fingerprint density at radius 2 is 1.70 bits per heavy atom. The monoisotopic (exact) mass is 384 g/mol. The molecule has 1 heterocycles. The molecule has 5 nitrogen and oxygen atoms in total. The molecule has 0 radical (unpaired) electrons. The fourth-order valence-corrected chi connectivity index (χ4v) is 3.39. The average Bonchev–Trinajstić information content (AvgIpc) is 2.96. The molecule has 2 aromatic rings. The molecular formula is C21H21ClN2O3. The molecule has 1 saturated heterocycles. The minimum absolute atomic E-state index is 0.0765. The van der Waals surface area contributed by atoms with Crippen molar-refractivity contribution in [2.75, 3.05) is 18.0 Å². The summed E-state index contributed by atoms with van der Waals surface area (Å²) in [5, 5.41) is 11.0. The number of allylic oxidation sites excluding steroid dienone is 1. The molecule has 27 heavy (non-hydrogen) atoms. The maximum atomic E-state index is 12.4. The first-order valence-electron chi connectivity index (χ1n) is 9.06. The number of halogens is 1. The summed E-state index contributed by atoms with van der Waals surface area (Å²) < 4.78 is 0. The van der Waals surface area contributed by atoms with E-state index in [0.29, 0.717) is 11.1 Å². The first-order chi connectivity index (χ1) is 13.0. The van der Waals surface area contributed by atoms with Crippen LogP contribution in [0, 0.1) is 10.1 Å². The van der Waals surface area contributed by atoms with Gasteiger partial charge in [-0.15, -0.1) is 0 Å². The molecule has 0 N–H and O–H groups in total. The molecule has 0 spiro atoms. The normalized spacial score (nSPS) is 14.9. The Bertz CT molecular complexity index is 854. The number of rotatable bonds is 5. The van der Waals surface area contributed by atoms with Crippen LogP contribution in [0.1, 0.15) is 41.6 Å². The molecule has 0 amide bonds. The molecular weight excluding hydrogens is 364 g/mol. The van der Waals surface area contributed by atoms with Gasteiger partial charge in [-0.05, 0) is 54.8 Å². The van der Waals surface area contributed by atoms with Crippen molar-refractivity contribution in [1.82, 2.24) is 0 Å². The first-order valence-corrected chi connectivity index (χ1v) is 9.44. The lowest BCUT2D eigenvalue weighted by molar-refractivity contribution is -0.384. The van der Waals surface area contributed by atoms with Crippen molar-refractivity contribution in [3.63, 3.8) is 0 Å². The van der Waals surface area contributed by atoms with Crippen molar-refractivity contribution in [3.8, 4) is 0 Å². The predicted octanol–water partition coefficient (Wildman–Crippen LogP) is 5.52. The van der Waals surface area contributed by atoms with Crippen molar-refractivity contribution < 1.29 is 9.72 Å². The number of anilines is 1. The summed E-state index contributed by atoms with van der Waals surface area (Å²) >= 11 is 5.80. The van der Waals surface area contributed by atoms with Crippen molar-refractivity contribution >= 4 is 34.8 Å². The van der Waals surface area contributed by atoms with Crippen LogP contribution in [-0.4, -0.2) is 23.8 Å². The topological polar surface area (TPSA) is 63.4 Å². The Balaban J connectivity index is 1.70. The minimum atomic E-state index is -0.539. The van der Waals surface area contributed by atoms with E-state index in [1.54, 1.807) is 12.1 Å². The van der Waals surface area contributed by atoms with Crippen molar-refractivity contribution in [3.05, 3.63) is 74.8 Å². The molecule has 140 valence electrons. The van der Waals surface area contributed by atoms with Crippen LogP contribution in [0.3, 0.4) is 0 Å². The van der Waals surface area contributed by atoms with E-state index in [-0.39, 0.29) is 16.5 Å². The quantitative estimate of drug-likeness (QED) is 0.294. The van der Waals surface area contributed by atoms with E-state index in [9.17, 15) is 14.9 Å². The molecule has 0 unspecified atom stereocenters. The maximum Gasteiger partial charge on any atom is 0.288 e. The lowest BCUT2D eigenvalue weighted by Crippen LogP contribution is -2.23. The van der Waals surface area contributed by atoms with Crippen molar-refractivity contribution in [2.45, 2.75) is 25.7 Å². The van der Waals surface area contributed by atoms with Crippen molar-refractivity contribution in [1.29, 1.82) is 0 Å². The number of ketones is 1. The van der Waals surface area contributed by atoms with Gasteiger partial charge in [0.25, 0.3) is 5.69 Å². The van der Waals surface area contributed by atoms with E-state index < -0.39 is 4.92 Å². The highest BCUT2D eigenvalue weighted by molar-refractivity contribution is 6.32. The van der Waals surface area contributed by atoms with Crippen LogP contribution < -0.4 is 4.90 Å². The Labute approximate surface area is 163 Å². The molecule has 0 saturated carbocycles. The van der Waals surface area contributed by atoms with Gasteiger partial charge in [0.1, 0.15) is 5.02 Å². The van der Waals surface area contributed by atoms with E-state index >= 15 is 0 Å². The smallest absolute Gasteiger partial charge is 0.288 e. The van der Waals surface area contributed by atoms with Gasteiger partial charge in [-0.3, -0.25) is 14.9 Å². The molecule has 0 aromatic heterocycles. The lowest BCUT2D eigenvalue weighted by Gasteiger charge is -2.22. The Morgan fingerprint density at radius 1 is 1.04 bits per heavy atom. The van der Waals surface area contributed by atoms with E-state index in [1.165, 1.54) is 43.9 Å². The van der Waals surface area contributed by atoms with E-state index in [4.69, 9.17) is 11.6 Å². The summed E-state index contributed by atoms with van der Waals surface area (Å²) in [7, 11) is 0. The third-order valence-electron chi connectivity index (χ3n) is 4.72. The molecule has 0 atom stereocenters. The zero-order chi connectivity index (χ0) is 19.2. The van der Waals surface area contributed by atoms with Gasteiger partial charge in [0.15, 0.2) is 5.78 Å².